The van der Waals surface area contributed by atoms with Gasteiger partial charge in [-0.05, 0) is 132 Å². The molecule has 0 bridgehead atoms. The van der Waals surface area contributed by atoms with E-state index in [1.807, 2.05) is 11.3 Å². The Hall–Kier alpha value is -7.98. The van der Waals surface area contributed by atoms with Crippen molar-refractivity contribution in [3.05, 3.63) is 231 Å². The van der Waals surface area contributed by atoms with Crippen LogP contribution in [0.5, 0.6) is 0 Å². The standard InChI is InChI=1S/C60H38N2S/c1-3-15-43(16-4-1)61(45-29-27-41-25-23-39-13-7-9-19-49(39)55(41)35-45)47-31-33-53-57(37-47)51-21-11-12-22-52(51)59-54-34-32-48(38-58(54)63-60(53)59)62(44-17-5-2-6-18-44)46-30-28-42-26-24-40-14-8-10-20-50(40)56(42)36-46/h1-38H. The van der Waals surface area contributed by atoms with Crippen molar-refractivity contribution < 1.29 is 0 Å². The molecule has 0 amide bonds. The first-order valence-corrected chi connectivity index (χ1v) is 22.4. The quantitative estimate of drug-likeness (QED) is 0.154. The number of para-hydroxylation sites is 2. The van der Waals surface area contributed by atoms with Crippen LogP contribution in [0.1, 0.15) is 0 Å². The molecule has 1 heterocycles. The third-order valence-electron chi connectivity index (χ3n) is 12.9. The Balaban J connectivity index is 1.000. The average molecular weight is 819 g/mol. The topological polar surface area (TPSA) is 6.48 Å². The molecule has 0 aliphatic heterocycles. The number of hydrogen-bond donors (Lipinski definition) is 0. The molecule has 294 valence electrons. The van der Waals surface area contributed by atoms with E-state index in [-0.39, 0.29) is 0 Å². The molecule has 0 saturated carbocycles. The van der Waals surface area contributed by atoms with Gasteiger partial charge in [0, 0.05) is 59.7 Å². The fraction of sp³-hybridized carbons (Fsp3) is 0. The molecule has 1 aromatic heterocycles. The predicted molar refractivity (Wildman–Crippen MR) is 274 cm³/mol. The van der Waals surface area contributed by atoms with Crippen LogP contribution >= 0.6 is 11.3 Å². The number of benzene rings is 12. The van der Waals surface area contributed by atoms with Gasteiger partial charge in [0.05, 0.1) is 0 Å². The van der Waals surface area contributed by atoms with Crippen molar-refractivity contribution in [2.75, 3.05) is 9.80 Å². The van der Waals surface area contributed by atoms with Gasteiger partial charge in [-0.25, -0.2) is 0 Å². The molecular formula is C60H38N2S. The highest BCUT2D eigenvalue weighted by molar-refractivity contribution is 7.27. The molecule has 0 N–H and O–H groups in total. The summed E-state index contributed by atoms with van der Waals surface area (Å²) in [5, 5.41) is 17.7. The van der Waals surface area contributed by atoms with Crippen molar-refractivity contribution in [3.8, 4) is 0 Å². The maximum absolute atomic E-state index is 2.41. The van der Waals surface area contributed by atoms with Gasteiger partial charge in [-0.2, -0.15) is 0 Å². The van der Waals surface area contributed by atoms with Crippen LogP contribution in [0.2, 0.25) is 0 Å². The highest BCUT2D eigenvalue weighted by Gasteiger charge is 2.20. The molecule has 0 unspecified atom stereocenters. The maximum Gasteiger partial charge on any atom is 0.0476 e. The zero-order valence-corrected chi connectivity index (χ0v) is 35.1. The van der Waals surface area contributed by atoms with E-state index in [4.69, 9.17) is 0 Å². The molecule has 0 aliphatic rings. The van der Waals surface area contributed by atoms with E-state index >= 15 is 0 Å². The van der Waals surface area contributed by atoms with Crippen molar-refractivity contribution in [2.24, 2.45) is 0 Å². The van der Waals surface area contributed by atoms with Crippen LogP contribution < -0.4 is 9.80 Å². The third-order valence-corrected chi connectivity index (χ3v) is 14.1. The van der Waals surface area contributed by atoms with Gasteiger partial charge in [-0.1, -0.05) is 158 Å². The molecule has 2 nitrogen and oxygen atoms in total. The van der Waals surface area contributed by atoms with E-state index in [2.05, 4.69) is 240 Å². The minimum atomic E-state index is 1.12. The third kappa shape index (κ3) is 5.78. The maximum atomic E-state index is 2.41. The fourth-order valence-corrected chi connectivity index (χ4v) is 11.3. The van der Waals surface area contributed by atoms with Crippen molar-refractivity contribution in [2.45, 2.75) is 0 Å². The van der Waals surface area contributed by atoms with Crippen LogP contribution in [0.3, 0.4) is 0 Å². The van der Waals surface area contributed by atoms with Crippen LogP contribution in [0.15, 0.2) is 231 Å². The van der Waals surface area contributed by atoms with Crippen molar-refractivity contribution in [1.82, 2.24) is 0 Å². The first kappa shape index (κ1) is 35.7. The van der Waals surface area contributed by atoms with E-state index in [1.165, 1.54) is 84.8 Å². The van der Waals surface area contributed by atoms with Crippen LogP contribution in [-0.4, -0.2) is 0 Å². The number of rotatable bonds is 6. The molecule has 13 aromatic rings. The highest BCUT2D eigenvalue weighted by atomic mass is 32.1. The highest BCUT2D eigenvalue weighted by Crippen LogP contribution is 2.48. The second kappa shape index (κ2) is 14.3. The molecular weight excluding hydrogens is 781 g/mol. The summed E-state index contributed by atoms with van der Waals surface area (Å²) < 4.78 is 2.58. The first-order chi connectivity index (χ1) is 31.2. The summed E-state index contributed by atoms with van der Waals surface area (Å²) in [6, 6.07) is 84.7. The van der Waals surface area contributed by atoms with E-state index in [9.17, 15) is 0 Å². The van der Waals surface area contributed by atoms with Gasteiger partial charge in [0.25, 0.3) is 0 Å². The zero-order chi connectivity index (χ0) is 41.4. The number of thiophene rings is 1. The predicted octanol–water partition coefficient (Wildman–Crippen LogP) is 17.9. The van der Waals surface area contributed by atoms with Gasteiger partial charge in [-0.15, -0.1) is 11.3 Å². The monoisotopic (exact) mass is 818 g/mol. The smallest absolute Gasteiger partial charge is 0.0476 e. The Bertz CT molecular complexity index is 3930. The Kier molecular flexibility index (Phi) is 8.12. The number of nitrogens with zero attached hydrogens (tertiary/aromatic N) is 2. The van der Waals surface area contributed by atoms with Crippen LogP contribution in [0, 0.1) is 0 Å². The zero-order valence-electron chi connectivity index (χ0n) is 34.2. The average Bonchev–Trinajstić information content (AvgIpc) is 3.74. The SMILES string of the molecule is c1ccc(N(c2ccc3c(c2)sc2c4ccc(N(c5ccccc5)c5ccc6ccc7ccccc7c6c5)cc4c4ccccc4c32)c2ccc3ccc4ccccc4c3c2)cc1. The number of fused-ring (bicyclic) bond motifs is 14. The Morgan fingerprint density at radius 2 is 0.635 bits per heavy atom. The lowest BCUT2D eigenvalue weighted by Gasteiger charge is -2.26. The van der Waals surface area contributed by atoms with Gasteiger partial charge in [-0.3, -0.25) is 0 Å². The van der Waals surface area contributed by atoms with Crippen molar-refractivity contribution >= 4 is 130 Å². The summed E-state index contributed by atoms with van der Waals surface area (Å²) in [4.78, 5) is 4.81. The molecule has 13 rings (SSSR count). The Labute approximate surface area is 368 Å². The van der Waals surface area contributed by atoms with Crippen LogP contribution in [0.25, 0.3) is 84.8 Å². The summed E-state index contributed by atoms with van der Waals surface area (Å²) in [7, 11) is 0. The summed E-state index contributed by atoms with van der Waals surface area (Å²) in [5.74, 6) is 0. The molecule has 0 radical (unpaired) electrons. The van der Waals surface area contributed by atoms with Gasteiger partial charge in [0.2, 0.25) is 0 Å². The normalized spacial score (nSPS) is 11.8. The molecule has 0 spiro atoms. The lowest BCUT2D eigenvalue weighted by atomic mass is 9.96. The lowest BCUT2D eigenvalue weighted by Crippen LogP contribution is -2.09. The van der Waals surface area contributed by atoms with Gasteiger partial charge in [0.1, 0.15) is 0 Å². The Morgan fingerprint density at radius 3 is 1.19 bits per heavy atom. The van der Waals surface area contributed by atoms with E-state index in [1.54, 1.807) is 0 Å². The molecule has 0 aliphatic carbocycles. The minimum Gasteiger partial charge on any atom is -0.310 e. The van der Waals surface area contributed by atoms with Crippen LogP contribution in [0.4, 0.5) is 34.1 Å². The molecule has 12 aromatic carbocycles. The summed E-state index contributed by atoms with van der Waals surface area (Å²) >= 11 is 1.90. The lowest BCUT2D eigenvalue weighted by molar-refractivity contribution is 1.30. The summed E-state index contributed by atoms with van der Waals surface area (Å²) in [6.07, 6.45) is 0. The Morgan fingerprint density at radius 1 is 0.238 bits per heavy atom. The summed E-state index contributed by atoms with van der Waals surface area (Å²) in [6.45, 7) is 0. The van der Waals surface area contributed by atoms with E-state index < -0.39 is 0 Å². The number of hydrogen-bond acceptors (Lipinski definition) is 3. The summed E-state index contributed by atoms with van der Waals surface area (Å²) in [5.41, 5.74) is 6.78. The van der Waals surface area contributed by atoms with E-state index in [0.29, 0.717) is 0 Å². The first-order valence-electron chi connectivity index (χ1n) is 21.6. The van der Waals surface area contributed by atoms with Crippen molar-refractivity contribution in [3.63, 3.8) is 0 Å². The van der Waals surface area contributed by atoms with Gasteiger partial charge >= 0.3 is 0 Å². The second-order valence-electron chi connectivity index (χ2n) is 16.5. The second-order valence-corrected chi connectivity index (χ2v) is 17.5. The van der Waals surface area contributed by atoms with Crippen LogP contribution in [-0.2, 0) is 0 Å². The minimum absolute atomic E-state index is 1.12. The molecule has 0 fully saturated rings. The van der Waals surface area contributed by atoms with Gasteiger partial charge < -0.3 is 9.80 Å². The largest absolute Gasteiger partial charge is 0.310 e. The fourth-order valence-electron chi connectivity index (χ4n) is 10.0. The number of anilines is 6. The van der Waals surface area contributed by atoms with E-state index in [0.717, 1.165) is 34.1 Å². The molecule has 0 saturated heterocycles. The van der Waals surface area contributed by atoms with Crippen molar-refractivity contribution in [1.29, 1.82) is 0 Å². The van der Waals surface area contributed by atoms with Gasteiger partial charge in [0.15, 0.2) is 0 Å². The molecule has 63 heavy (non-hydrogen) atoms. The molecule has 0 atom stereocenters. The molecule has 3 heteroatoms.